The SMILES string of the molecule is Bc1cc(C(C)C)c2c(c1)C(C)(C)CC(C)(C)O2. The van der Waals surface area contributed by atoms with E-state index in [2.05, 4.69) is 61.5 Å². The lowest BCUT2D eigenvalue weighted by Gasteiger charge is -2.44. The van der Waals surface area contributed by atoms with Crippen LogP contribution in [0.5, 0.6) is 5.75 Å². The van der Waals surface area contributed by atoms with E-state index in [1.807, 2.05) is 0 Å². The Labute approximate surface area is 112 Å². The van der Waals surface area contributed by atoms with Crippen molar-refractivity contribution in [3.05, 3.63) is 23.3 Å². The maximum Gasteiger partial charge on any atom is 0.139 e. The van der Waals surface area contributed by atoms with Crippen LogP contribution < -0.4 is 10.2 Å². The number of rotatable bonds is 1. The zero-order valence-corrected chi connectivity index (χ0v) is 12.8. The van der Waals surface area contributed by atoms with Crippen LogP contribution in [-0.4, -0.2) is 13.4 Å². The molecule has 0 spiro atoms. The van der Waals surface area contributed by atoms with Gasteiger partial charge in [0, 0.05) is 0 Å². The Balaban J connectivity index is 2.68. The Hall–Kier alpha value is -0.915. The first-order valence-electron chi connectivity index (χ1n) is 6.96. The molecule has 0 fully saturated rings. The first-order chi connectivity index (χ1) is 8.12. The van der Waals surface area contributed by atoms with E-state index in [-0.39, 0.29) is 11.0 Å². The highest BCUT2D eigenvalue weighted by Crippen LogP contribution is 2.47. The largest absolute Gasteiger partial charge is 0.487 e. The molecule has 0 saturated carbocycles. The fourth-order valence-electron chi connectivity index (χ4n) is 3.32. The van der Waals surface area contributed by atoms with Gasteiger partial charge in [0.2, 0.25) is 0 Å². The highest BCUT2D eigenvalue weighted by Gasteiger charge is 2.40. The van der Waals surface area contributed by atoms with Crippen molar-refractivity contribution in [2.45, 2.75) is 64.9 Å². The molecule has 1 heterocycles. The molecule has 0 unspecified atom stereocenters. The predicted molar refractivity (Wildman–Crippen MR) is 81.1 cm³/mol. The van der Waals surface area contributed by atoms with Crippen LogP contribution in [-0.2, 0) is 5.41 Å². The summed E-state index contributed by atoms with van der Waals surface area (Å²) in [6, 6.07) is 4.58. The van der Waals surface area contributed by atoms with Crippen molar-refractivity contribution in [3.8, 4) is 5.75 Å². The van der Waals surface area contributed by atoms with Gasteiger partial charge in [-0.1, -0.05) is 45.3 Å². The fraction of sp³-hybridized carbons (Fsp3) is 0.625. The molecule has 0 saturated heterocycles. The summed E-state index contributed by atoms with van der Waals surface area (Å²) in [4.78, 5) is 0. The second kappa shape index (κ2) is 4.04. The zero-order valence-electron chi connectivity index (χ0n) is 12.8. The Morgan fingerprint density at radius 1 is 1.17 bits per heavy atom. The van der Waals surface area contributed by atoms with E-state index in [9.17, 15) is 0 Å². The van der Waals surface area contributed by atoms with E-state index in [1.165, 1.54) is 16.6 Å². The molecule has 1 aromatic rings. The first-order valence-corrected chi connectivity index (χ1v) is 6.96. The van der Waals surface area contributed by atoms with Crippen LogP contribution in [0, 0.1) is 0 Å². The van der Waals surface area contributed by atoms with Gasteiger partial charge in [-0.15, -0.1) is 0 Å². The number of ether oxygens (including phenoxy) is 1. The Kier molecular flexibility index (Phi) is 3.04. The number of hydrogen-bond donors (Lipinski definition) is 0. The highest BCUT2D eigenvalue weighted by atomic mass is 16.5. The normalized spacial score (nSPS) is 20.4. The van der Waals surface area contributed by atoms with E-state index < -0.39 is 0 Å². The van der Waals surface area contributed by atoms with Gasteiger partial charge >= 0.3 is 0 Å². The minimum Gasteiger partial charge on any atom is -0.487 e. The Bertz CT molecular complexity index is 472. The second-order valence-corrected chi connectivity index (χ2v) is 7.31. The van der Waals surface area contributed by atoms with Crippen LogP contribution >= 0.6 is 0 Å². The molecule has 0 atom stereocenters. The molecule has 98 valence electrons. The minimum absolute atomic E-state index is 0.0740. The molecule has 0 bridgehead atoms. The van der Waals surface area contributed by atoms with Crippen molar-refractivity contribution in [3.63, 3.8) is 0 Å². The van der Waals surface area contributed by atoms with Crippen molar-refractivity contribution >= 4 is 13.3 Å². The van der Waals surface area contributed by atoms with E-state index in [0.717, 1.165) is 12.2 Å². The summed E-state index contributed by atoms with van der Waals surface area (Å²) in [5.74, 6) is 1.64. The molecule has 0 radical (unpaired) electrons. The fourth-order valence-corrected chi connectivity index (χ4v) is 3.32. The molecule has 0 amide bonds. The first kappa shape index (κ1) is 13.5. The van der Waals surface area contributed by atoms with Gasteiger partial charge in [-0.25, -0.2) is 0 Å². The third-order valence-corrected chi connectivity index (χ3v) is 3.86. The van der Waals surface area contributed by atoms with E-state index in [0.29, 0.717) is 5.92 Å². The molecule has 1 nitrogen and oxygen atoms in total. The Morgan fingerprint density at radius 2 is 1.78 bits per heavy atom. The van der Waals surface area contributed by atoms with Crippen LogP contribution in [0.4, 0.5) is 0 Å². The molecule has 0 N–H and O–H groups in total. The van der Waals surface area contributed by atoms with Crippen LogP contribution in [0.3, 0.4) is 0 Å². The smallest absolute Gasteiger partial charge is 0.139 e. The second-order valence-electron chi connectivity index (χ2n) is 7.31. The molecule has 0 aliphatic carbocycles. The van der Waals surface area contributed by atoms with Gasteiger partial charge in [0.25, 0.3) is 0 Å². The van der Waals surface area contributed by atoms with Crippen molar-refractivity contribution in [2.24, 2.45) is 0 Å². The van der Waals surface area contributed by atoms with Gasteiger partial charge in [-0.05, 0) is 42.7 Å². The zero-order chi connectivity index (χ0) is 13.7. The van der Waals surface area contributed by atoms with Gasteiger partial charge < -0.3 is 4.74 Å². The van der Waals surface area contributed by atoms with Gasteiger partial charge in [-0.2, -0.15) is 0 Å². The molecule has 1 aromatic carbocycles. The summed E-state index contributed by atoms with van der Waals surface area (Å²) < 4.78 is 6.30. The van der Waals surface area contributed by atoms with E-state index in [1.54, 1.807) is 0 Å². The molecular weight excluding hydrogens is 219 g/mol. The van der Waals surface area contributed by atoms with Crippen molar-refractivity contribution in [2.75, 3.05) is 0 Å². The van der Waals surface area contributed by atoms with E-state index in [4.69, 9.17) is 4.74 Å². The summed E-state index contributed by atoms with van der Waals surface area (Å²) in [6.07, 6.45) is 1.06. The topological polar surface area (TPSA) is 9.23 Å². The maximum absolute atomic E-state index is 6.30. The number of hydrogen-bond acceptors (Lipinski definition) is 1. The van der Waals surface area contributed by atoms with Crippen LogP contribution in [0.15, 0.2) is 12.1 Å². The summed E-state index contributed by atoms with van der Waals surface area (Å²) in [6.45, 7) is 13.5. The number of fused-ring (bicyclic) bond motifs is 1. The van der Waals surface area contributed by atoms with Gasteiger partial charge in [0.15, 0.2) is 0 Å². The minimum atomic E-state index is -0.0740. The molecule has 1 aliphatic rings. The molecule has 18 heavy (non-hydrogen) atoms. The van der Waals surface area contributed by atoms with Gasteiger partial charge in [0.1, 0.15) is 19.2 Å². The van der Waals surface area contributed by atoms with Crippen molar-refractivity contribution in [1.29, 1.82) is 0 Å². The van der Waals surface area contributed by atoms with Gasteiger partial charge in [0.05, 0.1) is 0 Å². The summed E-state index contributed by atoms with van der Waals surface area (Å²) in [7, 11) is 2.18. The highest BCUT2D eigenvalue weighted by molar-refractivity contribution is 6.32. The third kappa shape index (κ3) is 2.30. The molecule has 1 aliphatic heterocycles. The summed E-state index contributed by atoms with van der Waals surface area (Å²) >= 11 is 0. The lowest BCUT2D eigenvalue weighted by molar-refractivity contribution is 0.0520. The Morgan fingerprint density at radius 3 is 2.33 bits per heavy atom. The summed E-state index contributed by atoms with van der Waals surface area (Å²) in [5.41, 5.74) is 4.19. The average Bonchev–Trinajstić information content (AvgIpc) is 2.15. The predicted octanol–water partition coefficient (Wildman–Crippen LogP) is 2.91. The quantitative estimate of drug-likeness (QED) is 0.690. The lowest BCUT2D eigenvalue weighted by atomic mass is 9.71. The van der Waals surface area contributed by atoms with E-state index >= 15 is 0 Å². The van der Waals surface area contributed by atoms with Crippen LogP contribution in [0.2, 0.25) is 0 Å². The van der Waals surface area contributed by atoms with Crippen LogP contribution in [0.1, 0.15) is 65.0 Å². The maximum atomic E-state index is 6.30. The van der Waals surface area contributed by atoms with Crippen molar-refractivity contribution in [1.82, 2.24) is 0 Å². The van der Waals surface area contributed by atoms with Gasteiger partial charge in [-0.3, -0.25) is 0 Å². The lowest BCUT2D eigenvalue weighted by Crippen LogP contribution is -2.42. The average molecular weight is 244 g/mol. The number of benzene rings is 1. The molecule has 2 heteroatoms. The standard InChI is InChI=1S/C16H25BO/c1-10(2)12-7-11(17)8-13-14(12)18-16(5,6)9-15(13,3)4/h7-8,10H,9,17H2,1-6H3. The van der Waals surface area contributed by atoms with Crippen LogP contribution in [0.25, 0.3) is 0 Å². The molecule has 0 aromatic heterocycles. The molecule has 2 rings (SSSR count). The monoisotopic (exact) mass is 244 g/mol. The third-order valence-electron chi connectivity index (χ3n) is 3.86. The van der Waals surface area contributed by atoms with Crippen molar-refractivity contribution < 1.29 is 4.74 Å². The summed E-state index contributed by atoms with van der Waals surface area (Å²) in [5, 5.41) is 0. The molecular formula is C16H25BO.